The molecule has 1 aromatic carbocycles. The van der Waals surface area contributed by atoms with Gasteiger partial charge in [-0.2, -0.15) is 0 Å². The predicted molar refractivity (Wildman–Crippen MR) is 100 cm³/mol. The summed E-state index contributed by atoms with van der Waals surface area (Å²) in [6, 6.07) is 12.2. The molecule has 0 fully saturated rings. The van der Waals surface area contributed by atoms with E-state index >= 15 is 0 Å². The molecule has 130 valence electrons. The number of carbonyl (C=O) groups excluding carboxylic acids is 1. The number of hydrogen-bond donors (Lipinski definition) is 0. The van der Waals surface area contributed by atoms with Crippen molar-refractivity contribution in [3.05, 3.63) is 59.4 Å². The third kappa shape index (κ3) is 4.50. The van der Waals surface area contributed by atoms with Crippen molar-refractivity contribution in [3.8, 4) is 0 Å². The largest absolute Gasteiger partial charge is 0.353 e. The van der Waals surface area contributed by atoms with Gasteiger partial charge in [-0.1, -0.05) is 46.2 Å². The first-order valence-electron chi connectivity index (χ1n) is 8.83. The molecule has 0 N–H and O–H groups in total. The van der Waals surface area contributed by atoms with Crippen molar-refractivity contribution in [2.24, 2.45) is 7.05 Å². The highest BCUT2D eigenvalue weighted by Gasteiger charge is 2.18. The van der Waals surface area contributed by atoms with E-state index in [9.17, 15) is 4.79 Å². The van der Waals surface area contributed by atoms with Gasteiger partial charge in [-0.3, -0.25) is 4.79 Å². The molecule has 0 aliphatic rings. The maximum absolute atomic E-state index is 13.0. The maximum Gasteiger partial charge on any atom is 0.254 e. The van der Waals surface area contributed by atoms with Gasteiger partial charge in [-0.25, -0.2) is 0 Å². The number of aryl methyl sites for hydroxylation is 1. The van der Waals surface area contributed by atoms with Crippen molar-refractivity contribution >= 4 is 5.91 Å². The Morgan fingerprint density at radius 2 is 1.79 bits per heavy atom. The van der Waals surface area contributed by atoms with Crippen LogP contribution in [0.2, 0.25) is 0 Å². The van der Waals surface area contributed by atoms with Gasteiger partial charge in [0.05, 0.1) is 6.54 Å². The highest BCUT2D eigenvalue weighted by molar-refractivity contribution is 5.94. The predicted octanol–water partition coefficient (Wildman–Crippen LogP) is 4.77. The van der Waals surface area contributed by atoms with E-state index in [1.807, 2.05) is 36.3 Å². The highest BCUT2D eigenvalue weighted by atomic mass is 16.2. The topological polar surface area (TPSA) is 25.2 Å². The van der Waals surface area contributed by atoms with Gasteiger partial charge in [0, 0.05) is 31.0 Å². The van der Waals surface area contributed by atoms with Gasteiger partial charge in [0.2, 0.25) is 0 Å². The Morgan fingerprint density at radius 1 is 1.12 bits per heavy atom. The Morgan fingerprint density at radius 3 is 2.29 bits per heavy atom. The third-order valence-electron chi connectivity index (χ3n) is 4.47. The zero-order chi connectivity index (χ0) is 17.7. The molecule has 0 unspecified atom stereocenters. The molecule has 3 heteroatoms. The lowest BCUT2D eigenvalue weighted by atomic mass is 9.86. The lowest BCUT2D eigenvalue weighted by Crippen LogP contribution is -2.32. The second-order valence-corrected chi connectivity index (χ2v) is 7.52. The van der Waals surface area contributed by atoms with Crippen molar-refractivity contribution < 1.29 is 4.79 Å². The van der Waals surface area contributed by atoms with Gasteiger partial charge < -0.3 is 9.47 Å². The zero-order valence-corrected chi connectivity index (χ0v) is 15.7. The van der Waals surface area contributed by atoms with Crippen molar-refractivity contribution in [3.63, 3.8) is 0 Å². The maximum atomic E-state index is 13.0. The summed E-state index contributed by atoms with van der Waals surface area (Å²) < 4.78 is 2.08. The summed E-state index contributed by atoms with van der Waals surface area (Å²) >= 11 is 0. The van der Waals surface area contributed by atoms with Crippen LogP contribution in [0.3, 0.4) is 0 Å². The minimum Gasteiger partial charge on any atom is -0.353 e. The molecule has 0 saturated heterocycles. The molecule has 0 radical (unpaired) electrons. The summed E-state index contributed by atoms with van der Waals surface area (Å²) in [7, 11) is 2.02. The minimum atomic E-state index is 0.104. The van der Waals surface area contributed by atoms with E-state index < -0.39 is 0 Å². The molecule has 0 atom stereocenters. The minimum absolute atomic E-state index is 0.104. The van der Waals surface area contributed by atoms with Gasteiger partial charge in [-0.05, 0) is 41.7 Å². The first-order valence-corrected chi connectivity index (χ1v) is 8.83. The zero-order valence-electron chi connectivity index (χ0n) is 15.7. The third-order valence-corrected chi connectivity index (χ3v) is 4.47. The van der Waals surface area contributed by atoms with Crippen LogP contribution in [-0.4, -0.2) is 21.9 Å². The molecule has 2 rings (SSSR count). The van der Waals surface area contributed by atoms with E-state index in [4.69, 9.17) is 0 Å². The average Bonchev–Trinajstić information content (AvgIpc) is 2.95. The smallest absolute Gasteiger partial charge is 0.254 e. The molecule has 24 heavy (non-hydrogen) atoms. The van der Waals surface area contributed by atoms with E-state index in [1.165, 1.54) is 5.56 Å². The summed E-state index contributed by atoms with van der Waals surface area (Å²) in [6.07, 6.45) is 4.13. The summed E-state index contributed by atoms with van der Waals surface area (Å²) in [6.45, 7) is 10.2. The van der Waals surface area contributed by atoms with E-state index in [2.05, 4.69) is 50.5 Å². The first kappa shape index (κ1) is 18.3. The molecule has 0 aliphatic carbocycles. The second kappa shape index (κ2) is 7.69. The average molecular weight is 326 g/mol. The number of hydrogen-bond acceptors (Lipinski definition) is 1. The molecular formula is C21H30N2O. The van der Waals surface area contributed by atoms with Crippen LogP contribution in [0.15, 0.2) is 42.6 Å². The molecule has 0 aliphatic heterocycles. The molecule has 3 nitrogen and oxygen atoms in total. The van der Waals surface area contributed by atoms with Crippen molar-refractivity contribution in [1.29, 1.82) is 0 Å². The number of benzene rings is 1. The van der Waals surface area contributed by atoms with E-state index in [1.54, 1.807) is 0 Å². The normalized spacial score (nSPS) is 11.5. The van der Waals surface area contributed by atoms with Crippen LogP contribution in [0.5, 0.6) is 0 Å². The van der Waals surface area contributed by atoms with Gasteiger partial charge >= 0.3 is 0 Å². The van der Waals surface area contributed by atoms with Crippen LogP contribution < -0.4 is 0 Å². The molecule has 1 heterocycles. The van der Waals surface area contributed by atoms with Crippen LogP contribution in [-0.2, 0) is 19.0 Å². The van der Waals surface area contributed by atoms with Gasteiger partial charge in [-0.15, -0.1) is 0 Å². The summed E-state index contributed by atoms with van der Waals surface area (Å²) in [4.78, 5) is 14.9. The molecule has 1 aromatic heterocycles. The monoisotopic (exact) mass is 326 g/mol. The fourth-order valence-electron chi connectivity index (χ4n) is 2.75. The van der Waals surface area contributed by atoms with Crippen molar-refractivity contribution in [2.45, 2.75) is 52.5 Å². The fourth-order valence-corrected chi connectivity index (χ4v) is 2.75. The van der Waals surface area contributed by atoms with Crippen molar-refractivity contribution in [1.82, 2.24) is 9.47 Å². The molecule has 0 spiro atoms. The van der Waals surface area contributed by atoms with Crippen molar-refractivity contribution in [2.75, 3.05) is 6.54 Å². The Kier molecular flexibility index (Phi) is 5.87. The van der Waals surface area contributed by atoms with Gasteiger partial charge in [0.1, 0.15) is 0 Å². The number of nitrogens with zero attached hydrogens (tertiary/aromatic N) is 2. The van der Waals surface area contributed by atoms with Crippen LogP contribution in [0.4, 0.5) is 0 Å². The van der Waals surface area contributed by atoms with Gasteiger partial charge in [0.25, 0.3) is 5.91 Å². The number of carbonyl (C=O) groups is 1. The van der Waals surface area contributed by atoms with E-state index in [-0.39, 0.29) is 11.3 Å². The van der Waals surface area contributed by atoms with E-state index in [0.29, 0.717) is 6.54 Å². The summed E-state index contributed by atoms with van der Waals surface area (Å²) in [5, 5.41) is 0. The SMILES string of the molecule is CCCCN(Cc1cccn1C)C(=O)c1ccc(C(C)(C)C)cc1. The Hall–Kier alpha value is -2.03. The number of aromatic nitrogens is 1. The Balaban J connectivity index is 2.19. The lowest BCUT2D eigenvalue weighted by Gasteiger charge is -2.24. The van der Waals surface area contributed by atoms with Crippen LogP contribution in [0.1, 0.15) is 62.2 Å². The number of amides is 1. The molecule has 1 amide bonds. The van der Waals surface area contributed by atoms with Gasteiger partial charge in [0.15, 0.2) is 0 Å². The fraction of sp³-hybridized carbons (Fsp3) is 0.476. The first-order chi connectivity index (χ1) is 11.3. The molecular weight excluding hydrogens is 296 g/mol. The number of rotatable bonds is 6. The molecule has 0 saturated carbocycles. The summed E-state index contributed by atoms with van der Waals surface area (Å²) in [5.74, 6) is 0.116. The summed E-state index contributed by atoms with van der Waals surface area (Å²) in [5.41, 5.74) is 3.28. The second-order valence-electron chi connectivity index (χ2n) is 7.52. The standard InChI is InChI=1S/C21H30N2O/c1-6-7-15-23(16-19-9-8-14-22(19)5)20(24)17-10-12-18(13-11-17)21(2,3)4/h8-14H,6-7,15-16H2,1-5H3. The number of unbranched alkanes of at least 4 members (excludes halogenated alkanes) is 1. The van der Waals surface area contributed by atoms with Crippen LogP contribution in [0.25, 0.3) is 0 Å². The van der Waals surface area contributed by atoms with Crippen LogP contribution in [0, 0.1) is 0 Å². The molecule has 0 bridgehead atoms. The quantitative estimate of drug-likeness (QED) is 0.751. The Bertz CT molecular complexity index is 662. The van der Waals surface area contributed by atoms with Crippen LogP contribution >= 0.6 is 0 Å². The lowest BCUT2D eigenvalue weighted by molar-refractivity contribution is 0.0737. The Labute approximate surface area is 146 Å². The molecule has 2 aromatic rings. The highest BCUT2D eigenvalue weighted by Crippen LogP contribution is 2.23. The van der Waals surface area contributed by atoms with E-state index in [0.717, 1.165) is 30.6 Å².